The first kappa shape index (κ1) is 12.9. The van der Waals surface area contributed by atoms with E-state index in [4.69, 9.17) is 9.78 Å². The zero-order valence-corrected chi connectivity index (χ0v) is 10.6. The zero-order valence-electron chi connectivity index (χ0n) is 10.6. The van der Waals surface area contributed by atoms with Gasteiger partial charge in [-0.2, -0.15) is 0 Å². The van der Waals surface area contributed by atoms with Gasteiger partial charge in [-0.1, -0.05) is 55.1 Å². The van der Waals surface area contributed by atoms with Crippen molar-refractivity contribution in [2.75, 3.05) is 0 Å². The van der Waals surface area contributed by atoms with Gasteiger partial charge in [0.25, 0.3) is 0 Å². The minimum Gasteiger partial charge on any atom is -0.286 e. The molecule has 2 aromatic carbocycles. The molecule has 0 amide bonds. The van der Waals surface area contributed by atoms with Crippen LogP contribution >= 0.6 is 0 Å². The van der Waals surface area contributed by atoms with E-state index in [0.29, 0.717) is 5.75 Å². The Morgan fingerprint density at radius 3 is 2.32 bits per heavy atom. The number of hydrogen-bond acceptors (Lipinski definition) is 3. The van der Waals surface area contributed by atoms with E-state index in [1.807, 2.05) is 48.5 Å². The molecule has 0 aliphatic heterocycles. The number of carbonyl (C=O) groups excluding carboxylic acids is 1. The molecule has 0 aliphatic rings. The Morgan fingerprint density at radius 1 is 1.00 bits per heavy atom. The molecule has 0 spiro atoms. The predicted octanol–water partition coefficient (Wildman–Crippen LogP) is 3.77. The van der Waals surface area contributed by atoms with Crippen LogP contribution < -0.4 is 4.89 Å². The van der Waals surface area contributed by atoms with Gasteiger partial charge in [0.15, 0.2) is 5.75 Å². The maximum atomic E-state index is 11.3. The summed E-state index contributed by atoms with van der Waals surface area (Å²) in [6, 6.07) is 17.1. The fraction of sp³-hybridized carbons (Fsp3) is 0.0625. The summed E-state index contributed by atoms with van der Waals surface area (Å²) in [4.78, 5) is 21.1. The molecule has 0 radical (unpaired) electrons. The van der Waals surface area contributed by atoms with Crippen LogP contribution in [0.4, 0.5) is 0 Å². The van der Waals surface area contributed by atoms with Gasteiger partial charge in [-0.3, -0.25) is 4.89 Å². The predicted molar refractivity (Wildman–Crippen MR) is 73.4 cm³/mol. The van der Waals surface area contributed by atoms with Crippen molar-refractivity contribution in [3.05, 3.63) is 66.7 Å². The minimum absolute atomic E-state index is 0.289. The number of rotatable bonds is 4. The number of hydrogen-bond donors (Lipinski definition) is 0. The van der Waals surface area contributed by atoms with E-state index < -0.39 is 5.97 Å². The summed E-state index contributed by atoms with van der Waals surface area (Å²) < 4.78 is 0. The third-order valence-corrected chi connectivity index (χ3v) is 2.53. The molecular weight excluding hydrogens is 240 g/mol. The number of carbonyl (C=O) groups is 1. The van der Waals surface area contributed by atoms with Gasteiger partial charge in [0.1, 0.15) is 0 Å². The zero-order chi connectivity index (χ0) is 13.7. The Bertz CT molecular complexity index is 588. The van der Waals surface area contributed by atoms with Crippen LogP contribution in [0.5, 0.6) is 5.75 Å². The van der Waals surface area contributed by atoms with Gasteiger partial charge in [0.05, 0.1) is 0 Å². The summed E-state index contributed by atoms with van der Waals surface area (Å²) in [7, 11) is 0. The van der Waals surface area contributed by atoms with Gasteiger partial charge in [0.2, 0.25) is 0 Å². The summed E-state index contributed by atoms with van der Waals surface area (Å²) >= 11 is 0. The molecule has 0 saturated carbocycles. The molecule has 0 N–H and O–H groups in total. The summed E-state index contributed by atoms with van der Waals surface area (Å²) in [6.45, 7) is 5.06. The van der Waals surface area contributed by atoms with Crippen LogP contribution in [0.1, 0.15) is 6.92 Å². The van der Waals surface area contributed by atoms with Gasteiger partial charge < -0.3 is 0 Å². The van der Waals surface area contributed by atoms with Crippen LogP contribution in [0.15, 0.2) is 66.7 Å². The Balaban J connectivity index is 2.22. The quantitative estimate of drug-likeness (QED) is 0.473. The lowest BCUT2D eigenvalue weighted by molar-refractivity contribution is -0.208. The standard InChI is InChI=1S/C16H14O3/c1-12(2)16(17)19-18-15-11-7-6-10-14(15)13-8-4-3-5-9-13/h3-11H,1H2,2H3. The van der Waals surface area contributed by atoms with Gasteiger partial charge >= 0.3 is 5.97 Å². The largest absolute Gasteiger partial charge is 0.381 e. The molecule has 0 unspecified atom stereocenters. The van der Waals surface area contributed by atoms with Gasteiger partial charge in [-0.25, -0.2) is 9.68 Å². The Labute approximate surface area is 112 Å². The molecule has 0 atom stereocenters. The molecule has 96 valence electrons. The van der Waals surface area contributed by atoms with Crippen molar-refractivity contribution in [1.29, 1.82) is 0 Å². The SMILES string of the molecule is C=C(C)C(=O)OOc1ccccc1-c1ccccc1. The lowest BCUT2D eigenvalue weighted by atomic mass is 10.1. The Morgan fingerprint density at radius 2 is 1.63 bits per heavy atom. The minimum atomic E-state index is -0.581. The first-order valence-corrected chi connectivity index (χ1v) is 5.87. The maximum absolute atomic E-state index is 11.3. The Hall–Kier alpha value is -2.55. The fourth-order valence-electron chi connectivity index (χ4n) is 1.55. The van der Waals surface area contributed by atoms with Crippen LogP contribution in [0.3, 0.4) is 0 Å². The molecule has 19 heavy (non-hydrogen) atoms. The second-order valence-electron chi connectivity index (χ2n) is 4.10. The lowest BCUT2D eigenvalue weighted by Crippen LogP contribution is -2.08. The summed E-state index contributed by atoms with van der Waals surface area (Å²) in [6.07, 6.45) is 0. The first-order chi connectivity index (χ1) is 9.18. The highest BCUT2D eigenvalue weighted by Gasteiger charge is 2.10. The lowest BCUT2D eigenvalue weighted by Gasteiger charge is -2.09. The fourth-order valence-corrected chi connectivity index (χ4v) is 1.55. The smallest absolute Gasteiger partial charge is 0.286 e. The molecule has 0 heterocycles. The highest BCUT2D eigenvalue weighted by atomic mass is 17.2. The van der Waals surface area contributed by atoms with Crippen molar-refractivity contribution >= 4 is 5.97 Å². The molecular formula is C16H14O3. The van der Waals surface area contributed by atoms with Crippen molar-refractivity contribution in [3.63, 3.8) is 0 Å². The maximum Gasteiger partial charge on any atom is 0.381 e. The van der Waals surface area contributed by atoms with E-state index >= 15 is 0 Å². The van der Waals surface area contributed by atoms with Crippen molar-refractivity contribution in [3.8, 4) is 16.9 Å². The summed E-state index contributed by atoms with van der Waals surface area (Å²) in [5, 5.41) is 0. The van der Waals surface area contributed by atoms with Gasteiger partial charge in [-0.15, -0.1) is 0 Å². The summed E-state index contributed by atoms with van der Waals surface area (Å²) in [5.74, 6) is -0.0915. The highest BCUT2D eigenvalue weighted by Crippen LogP contribution is 2.29. The van der Waals surface area contributed by atoms with Crippen molar-refractivity contribution in [2.45, 2.75) is 6.92 Å². The van der Waals surface area contributed by atoms with Crippen LogP contribution in [0, 0.1) is 0 Å². The third-order valence-electron chi connectivity index (χ3n) is 2.53. The van der Waals surface area contributed by atoms with Crippen LogP contribution in [-0.2, 0) is 9.68 Å². The van der Waals surface area contributed by atoms with E-state index in [0.717, 1.165) is 11.1 Å². The molecule has 2 aromatic rings. The molecule has 0 bridgehead atoms. The van der Waals surface area contributed by atoms with Gasteiger partial charge in [-0.05, 0) is 18.6 Å². The van der Waals surface area contributed by atoms with Crippen molar-refractivity contribution < 1.29 is 14.6 Å². The van der Waals surface area contributed by atoms with E-state index in [9.17, 15) is 4.79 Å². The molecule has 0 fully saturated rings. The average molecular weight is 254 g/mol. The molecule has 0 aliphatic carbocycles. The average Bonchev–Trinajstić information content (AvgIpc) is 2.46. The van der Waals surface area contributed by atoms with E-state index in [1.54, 1.807) is 13.0 Å². The molecule has 2 rings (SSSR count). The molecule has 0 aromatic heterocycles. The van der Waals surface area contributed by atoms with Crippen molar-refractivity contribution in [1.82, 2.24) is 0 Å². The van der Waals surface area contributed by atoms with E-state index in [2.05, 4.69) is 6.58 Å². The normalized spacial score (nSPS) is 9.74. The Kier molecular flexibility index (Phi) is 3.98. The van der Waals surface area contributed by atoms with E-state index in [-0.39, 0.29) is 5.57 Å². The first-order valence-electron chi connectivity index (χ1n) is 5.87. The molecule has 3 nitrogen and oxygen atoms in total. The van der Waals surface area contributed by atoms with Crippen LogP contribution in [0.2, 0.25) is 0 Å². The topological polar surface area (TPSA) is 35.5 Å². The van der Waals surface area contributed by atoms with Crippen LogP contribution in [-0.4, -0.2) is 5.97 Å². The monoisotopic (exact) mass is 254 g/mol. The van der Waals surface area contributed by atoms with Crippen molar-refractivity contribution in [2.24, 2.45) is 0 Å². The van der Waals surface area contributed by atoms with E-state index in [1.165, 1.54) is 0 Å². The number of para-hydroxylation sites is 1. The summed E-state index contributed by atoms with van der Waals surface area (Å²) in [5.41, 5.74) is 2.14. The second-order valence-corrected chi connectivity index (χ2v) is 4.10. The third kappa shape index (κ3) is 3.22. The number of benzene rings is 2. The van der Waals surface area contributed by atoms with Crippen LogP contribution in [0.25, 0.3) is 11.1 Å². The van der Waals surface area contributed by atoms with Gasteiger partial charge in [0, 0.05) is 11.1 Å². The molecule has 0 saturated heterocycles. The highest BCUT2D eigenvalue weighted by molar-refractivity contribution is 5.86. The second kappa shape index (κ2) is 5.87. The molecule has 3 heteroatoms.